The van der Waals surface area contributed by atoms with Crippen LogP contribution >= 0.6 is 0 Å². The van der Waals surface area contributed by atoms with Crippen molar-refractivity contribution in [2.45, 2.75) is 6.92 Å². The molecule has 0 unspecified atom stereocenters. The molecule has 0 saturated carbocycles. The maximum atomic E-state index is 11.4. The molecule has 0 saturated heterocycles. The van der Waals surface area contributed by atoms with Crippen LogP contribution in [-0.4, -0.2) is 44.5 Å². The lowest BCUT2D eigenvalue weighted by Gasteiger charge is -2.03. The Morgan fingerprint density at radius 3 is 2.78 bits per heavy atom. The van der Waals surface area contributed by atoms with E-state index >= 15 is 0 Å². The molecule has 9 nitrogen and oxygen atoms in total. The van der Waals surface area contributed by atoms with Crippen LogP contribution in [0.1, 0.15) is 12.7 Å². The van der Waals surface area contributed by atoms with Crippen molar-refractivity contribution in [3.63, 3.8) is 0 Å². The Hall–Kier alpha value is -2.45. The van der Waals surface area contributed by atoms with Gasteiger partial charge in [0, 0.05) is 6.92 Å². The maximum absolute atomic E-state index is 11.4. The molecule has 18 heavy (non-hydrogen) atoms. The van der Waals surface area contributed by atoms with Gasteiger partial charge in [0.25, 0.3) is 5.82 Å². The average molecular weight is 256 g/mol. The molecule has 0 bridgehead atoms. The number of nitrogens with zero attached hydrogens (tertiary/aromatic N) is 4. The lowest BCUT2D eigenvalue weighted by atomic mass is 10.6. The van der Waals surface area contributed by atoms with E-state index in [1.54, 1.807) is 0 Å². The van der Waals surface area contributed by atoms with E-state index in [2.05, 4.69) is 9.72 Å². The number of hydroxylamine groups is 1. The molecule has 0 N–H and O–H groups in total. The van der Waals surface area contributed by atoms with Crippen LogP contribution < -0.4 is 0 Å². The quantitative estimate of drug-likeness (QED) is 0.180. The normalized spacial score (nSPS) is 11.3. The van der Waals surface area contributed by atoms with Crippen molar-refractivity contribution in [2.24, 2.45) is 7.05 Å². The van der Waals surface area contributed by atoms with Gasteiger partial charge in [-0.05, 0) is 4.92 Å². The highest BCUT2D eigenvalue weighted by Gasteiger charge is 2.17. The Morgan fingerprint density at radius 1 is 1.61 bits per heavy atom. The molecule has 0 atom stereocenters. The van der Waals surface area contributed by atoms with Gasteiger partial charge in [0.05, 0.1) is 7.05 Å². The fourth-order valence-corrected chi connectivity index (χ4v) is 1.18. The number of aromatic nitrogens is 2. The number of carbonyl (C=O) groups excluding carboxylic acids is 1. The van der Waals surface area contributed by atoms with Crippen LogP contribution in [0.4, 0.5) is 5.82 Å². The number of rotatable bonds is 5. The number of ether oxygens (including phenoxy) is 1. The standard InChI is InChI=1S/C9H12N4O5/c1-7(14)18-4-3-12(15)6-8-10-5-9(11(8)2)13(16)17/h5-6H,3-4H2,1-2H3. The average Bonchev–Trinajstić information content (AvgIpc) is 2.60. The SMILES string of the molecule is CC(=O)OCC[N+]([O-])=Cc1ncc([N+](=O)[O-])n1C. The van der Waals surface area contributed by atoms with E-state index in [-0.39, 0.29) is 24.8 Å². The first kappa shape index (κ1) is 13.6. The van der Waals surface area contributed by atoms with Gasteiger partial charge < -0.3 is 20.1 Å². The number of hydrogen-bond donors (Lipinski definition) is 0. The summed E-state index contributed by atoms with van der Waals surface area (Å²) in [6.07, 6.45) is 2.15. The first-order chi connectivity index (χ1) is 8.41. The largest absolute Gasteiger partial charge is 0.624 e. The molecule has 0 fully saturated rings. The Kier molecular flexibility index (Phi) is 4.35. The molecule has 0 aliphatic rings. The van der Waals surface area contributed by atoms with Crippen molar-refractivity contribution >= 4 is 18.0 Å². The summed E-state index contributed by atoms with van der Waals surface area (Å²) in [5, 5.41) is 21.9. The van der Waals surface area contributed by atoms with Crippen molar-refractivity contribution in [1.82, 2.24) is 9.55 Å². The smallest absolute Gasteiger partial charge is 0.343 e. The van der Waals surface area contributed by atoms with Crippen LogP contribution in [0.25, 0.3) is 0 Å². The van der Waals surface area contributed by atoms with Crippen molar-refractivity contribution in [2.75, 3.05) is 13.2 Å². The van der Waals surface area contributed by atoms with Crippen LogP contribution in [0.5, 0.6) is 0 Å². The lowest BCUT2D eigenvalue weighted by molar-refractivity contribution is -0.455. The van der Waals surface area contributed by atoms with Gasteiger partial charge in [-0.1, -0.05) is 0 Å². The van der Waals surface area contributed by atoms with Crippen molar-refractivity contribution in [3.8, 4) is 0 Å². The molecule has 98 valence electrons. The van der Waals surface area contributed by atoms with E-state index in [1.807, 2.05) is 0 Å². The predicted octanol–water partition coefficient (Wildman–Crippen LogP) is -0.179. The third kappa shape index (κ3) is 3.54. The molecule has 0 aliphatic heterocycles. The summed E-state index contributed by atoms with van der Waals surface area (Å²) in [5.41, 5.74) is 0. The van der Waals surface area contributed by atoms with Crippen LogP contribution in [0.3, 0.4) is 0 Å². The third-order valence-corrected chi connectivity index (χ3v) is 2.06. The van der Waals surface area contributed by atoms with Crippen LogP contribution in [0, 0.1) is 15.3 Å². The zero-order valence-electron chi connectivity index (χ0n) is 9.90. The monoisotopic (exact) mass is 256 g/mol. The Morgan fingerprint density at radius 2 is 2.28 bits per heavy atom. The summed E-state index contributed by atoms with van der Waals surface area (Å²) in [5.74, 6) is -0.537. The van der Waals surface area contributed by atoms with Gasteiger partial charge >= 0.3 is 11.8 Å². The molecule has 0 amide bonds. The number of carbonyl (C=O) groups is 1. The summed E-state index contributed by atoms with van der Waals surface area (Å²) in [6, 6.07) is 0. The molecule has 0 spiro atoms. The molecule has 9 heteroatoms. The van der Waals surface area contributed by atoms with E-state index in [4.69, 9.17) is 0 Å². The Balaban J connectivity index is 2.70. The van der Waals surface area contributed by atoms with Gasteiger partial charge in [-0.25, -0.2) is 14.3 Å². The molecular weight excluding hydrogens is 244 g/mol. The summed E-state index contributed by atoms with van der Waals surface area (Å²) < 4.78 is 6.26. The highest BCUT2D eigenvalue weighted by Crippen LogP contribution is 2.09. The molecule has 0 aliphatic carbocycles. The minimum atomic E-state index is -0.599. The number of imidazole rings is 1. The molecule has 1 aromatic rings. The molecule has 0 aromatic carbocycles. The second-order valence-corrected chi connectivity index (χ2v) is 3.40. The fraction of sp³-hybridized carbons (Fsp3) is 0.444. The minimum absolute atomic E-state index is 0.0537. The summed E-state index contributed by atoms with van der Waals surface area (Å²) in [4.78, 5) is 24.2. The van der Waals surface area contributed by atoms with Gasteiger partial charge in [0.1, 0.15) is 6.20 Å². The summed E-state index contributed by atoms with van der Waals surface area (Å²) in [6.45, 7) is 1.11. The third-order valence-electron chi connectivity index (χ3n) is 2.06. The molecular formula is C9H12N4O5. The maximum Gasteiger partial charge on any atom is 0.343 e. The zero-order chi connectivity index (χ0) is 13.7. The molecule has 1 heterocycles. The minimum Gasteiger partial charge on any atom is -0.624 e. The van der Waals surface area contributed by atoms with E-state index in [1.165, 1.54) is 18.5 Å². The topological polar surface area (TPSA) is 113 Å². The van der Waals surface area contributed by atoms with Crippen molar-refractivity contribution in [1.29, 1.82) is 0 Å². The van der Waals surface area contributed by atoms with E-state index in [0.29, 0.717) is 4.74 Å². The molecule has 1 aromatic heterocycles. The first-order valence-corrected chi connectivity index (χ1v) is 5.00. The van der Waals surface area contributed by atoms with Gasteiger partial charge in [-0.2, -0.15) is 0 Å². The van der Waals surface area contributed by atoms with Gasteiger partial charge in [-0.3, -0.25) is 4.79 Å². The highest BCUT2D eigenvalue weighted by atomic mass is 16.6. The summed E-state index contributed by atoms with van der Waals surface area (Å²) in [7, 11) is 1.43. The second kappa shape index (κ2) is 5.75. The van der Waals surface area contributed by atoms with Gasteiger partial charge in [0.2, 0.25) is 6.21 Å². The molecule has 0 radical (unpaired) electrons. The Bertz CT molecular complexity index is 493. The van der Waals surface area contributed by atoms with Crippen LogP contribution in [-0.2, 0) is 16.6 Å². The number of esters is 1. The van der Waals surface area contributed by atoms with Crippen LogP contribution in [0.2, 0.25) is 0 Å². The lowest BCUT2D eigenvalue weighted by Crippen LogP contribution is -2.16. The summed E-state index contributed by atoms with van der Waals surface area (Å²) >= 11 is 0. The number of nitro groups is 1. The van der Waals surface area contributed by atoms with Gasteiger partial charge in [0.15, 0.2) is 13.2 Å². The first-order valence-electron chi connectivity index (χ1n) is 5.00. The van der Waals surface area contributed by atoms with E-state index in [0.717, 1.165) is 12.4 Å². The fourth-order valence-electron chi connectivity index (χ4n) is 1.18. The van der Waals surface area contributed by atoms with Crippen molar-refractivity contribution in [3.05, 3.63) is 27.3 Å². The second-order valence-electron chi connectivity index (χ2n) is 3.40. The highest BCUT2D eigenvalue weighted by molar-refractivity contribution is 5.71. The zero-order valence-corrected chi connectivity index (χ0v) is 9.90. The van der Waals surface area contributed by atoms with Crippen LogP contribution in [0.15, 0.2) is 6.20 Å². The van der Waals surface area contributed by atoms with E-state index < -0.39 is 10.9 Å². The Labute approximate surface area is 102 Å². The predicted molar refractivity (Wildman–Crippen MR) is 60.2 cm³/mol. The number of hydrogen-bond acceptors (Lipinski definition) is 6. The molecule has 1 rings (SSSR count). The van der Waals surface area contributed by atoms with Crippen molar-refractivity contribution < 1.29 is 19.2 Å². The van der Waals surface area contributed by atoms with Gasteiger partial charge in [-0.15, -0.1) is 0 Å². The van der Waals surface area contributed by atoms with E-state index in [9.17, 15) is 20.1 Å².